The molecule has 2 fully saturated rings. The van der Waals surface area contributed by atoms with Crippen LogP contribution in [-0.4, -0.2) is 122 Å². The number of hydrogen-bond donors (Lipinski definition) is 3. The Balaban J connectivity index is 0.816. The first-order chi connectivity index (χ1) is 35.3. The number of alkyl carbamates (subject to hydrolysis) is 2. The lowest BCUT2D eigenvalue weighted by Crippen LogP contribution is -2.48. The van der Waals surface area contributed by atoms with Crippen molar-refractivity contribution in [1.82, 2.24) is 30.1 Å². The molecule has 18 heteroatoms. The molecule has 5 aromatic rings. The fourth-order valence-electron chi connectivity index (χ4n) is 8.63. The number of halogens is 1. The van der Waals surface area contributed by atoms with Gasteiger partial charge in [0, 0.05) is 111 Å². The smallest absolute Gasteiger partial charge is 0.407 e. The molecule has 73 heavy (non-hydrogen) atoms. The van der Waals surface area contributed by atoms with Crippen molar-refractivity contribution < 1.29 is 42.4 Å². The van der Waals surface area contributed by atoms with Gasteiger partial charge in [-0.25, -0.2) is 14.0 Å². The van der Waals surface area contributed by atoms with Crippen LogP contribution in [0.3, 0.4) is 0 Å². The Kier molecular flexibility index (Phi) is 20.2. The Hall–Kier alpha value is -6.34. The highest BCUT2D eigenvalue weighted by Gasteiger charge is 2.30. The van der Waals surface area contributed by atoms with E-state index in [0.29, 0.717) is 75.7 Å². The van der Waals surface area contributed by atoms with E-state index in [-0.39, 0.29) is 43.0 Å². The van der Waals surface area contributed by atoms with Gasteiger partial charge in [-0.15, -0.1) is 0 Å². The number of hydrogen-bond acceptors (Lipinski definition) is 14. The summed E-state index contributed by atoms with van der Waals surface area (Å²) < 4.78 is 50.9. The van der Waals surface area contributed by atoms with Crippen molar-refractivity contribution in [2.45, 2.75) is 104 Å². The minimum Gasteiger partial charge on any atom is -0.487 e. The first-order valence-corrected chi connectivity index (χ1v) is 25.5. The highest BCUT2D eigenvalue weighted by molar-refractivity contribution is 5.81. The number of rotatable bonds is 27. The van der Waals surface area contributed by atoms with E-state index in [1.165, 1.54) is 6.07 Å². The summed E-state index contributed by atoms with van der Waals surface area (Å²) in [7, 11) is 0. The number of nitrogens with zero attached hydrogens (tertiary/aromatic N) is 5. The summed E-state index contributed by atoms with van der Waals surface area (Å²) in [6.07, 6.45) is 9.37. The number of pyridine rings is 3. The van der Waals surface area contributed by atoms with Crippen LogP contribution < -0.4 is 31.0 Å². The molecule has 1 saturated heterocycles. The van der Waals surface area contributed by atoms with Gasteiger partial charge in [-0.3, -0.25) is 19.7 Å². The van der Waals surface area contributed by atoms with E-state index in [4.69, 9.17) is 28.4 Å². The molecule has 3 N–H and O–H groups in total. The summed E-state index contributed by atoms with van der Waals surface area (Å²) in [5.74, 6) is -0.655. The van der Waals surface area contributed by atoms with Gasteiger partial charge in [0.25, 0.3) is 0 Å². The molecule has 7 rings (SSSR count). The molecule has 0 bridgehead atoms. The summed E-state index contributed by atoms with van der Waals surface area (Å²) in [6.45, 7) is 16.1. The molecule has 2 aliphatic rings. The second-order valence-corrected chi connectivity index (χ2v) is 19.6. The first kappa shape index (κ1) is 54.4. The van der Waals surface area contributed by atoms with Gasteiger partial charge < -0.3 is 53.8 Å². The van der Waals surface area contributed by atoms with Crippen LogP contribution in [0.2, 0.25) is 0 Å². The van der Waals surface area contributed by atoms with Crippen molar-refractivity contribution >= 4 is 34.5 Å². The van der Waals surface area contributed by atoms with Crippen LogP contribution in [0, 0.1) is 19.7 Å². The summed E-state index contributed by atoms with van der Waals surface area (Å²) in [6, 6.07) is 19.3. The number of amides is 2. The molecule has 17 nitrogen and oxygen atoms in total. The largest absolute Gasteiger partial charge is 0.487 e. The number of carbonyl (C=O) groups is 2. The van der Waals surface area contributed by atoms with Crippen molar-refractivity contribution in [3.05, 3.63) is 123 Å². The number of carbonyl (C=O) groups excluding carboxylic acids is 2. The number of aromatic nitrogens is 3. The summed E-state index contributed by atoms with van der Waals surface area (Å²) >= 11 is 0. The lowest BCUT2D eigenvalue weighted by molar-refractivity contribution is 0.0139. The molecule has 0 radical (unpaired) electrons. The lowest BCUT2D eigenvalue weighted by atomic mass is 10.0. The van der Waals surface area contributed by atoms with Crippen LogP contribution in [0.5, 0.6) is 5.75 Å². The van der Waals surface area contributed by atoms with E-state index in [1.54, 1.807) is 6.07 Å². The summed E-state index contributed by atoms with van der Waals surface area (Å²) in [4.78, 5) is 52.2. The normalized spacial score (nSPS) is 14.8. The molecule has 3 aromatic heterocycles. The number of ether oxygens (including phenoxy) is 6. The Morgan fingerprint density at radius 1 is 0.795 bits per heavy atom. The average molecular weight is 1010 g/mol. The van der Waals surface area contributed by atoms with Gasteiger partial charge in [0.1, 0.15) is 18.8 Å². The number of aryl methyl sites for hydroxylation is 2. The molecule has 1 aliphatic heterocycles. The van der Waals surface area contributed by atoms with E-state index < -0.39 is 23.6 Å². The van der Waals surface area contributed by atoms with Crippen molar-refractivity contribution in [2.75, 3.05) is 89.3 Å². The number of benzene rings is 2. The minimum atomic E-state index is -0.650. The van der Waals surface area contributed by atoms with Crippen LogP contribution in [0.25, 0.3) is 10.9 Å². The average Bonchev–Trinajstić information content (AvgIpc) is 4.22. The maximum Gasteiger partial charge on any atom is 0.407 e. The SMILES string of the molecule is Cc1ccc(N2CCC[C@H](N(Cc3ccnc(C)c3)Cc3cn(C4CC4)c4cc(OCCOC(=O)NCc5ccc(NCCCOCCOCCOCCNC(=O)OC(C)(C)C)cc5)c(F)cc4c3=O)C2)cn1. The highest BCUT2D eigenvalue weighted by Crippen LogP contribution is 2.38. The number of nitrogens with one attached hydrogen (secondary N) is 3. The predicted octanol–water partition coefficient (Wildman–Crippen LogP) is 8.24. The van der Waals surface area contributed by atoms with Crippen LogP contribution in [-0.2, 0) is 43.3 Å². The minimum absolute atomic E-state index is 0.00506. The van der Waals surface area contributed by atoms with Gasteiger partial charge in [-0.1, -0.05) is 12.1 Å². The Morgan fingerprint density at radius 3 is 2.29 bits per heavy atom. The fourth-order valence-corrected chi connectivity index (χ4v) is 8.63. The van der Waals surface area contributed by atoms with Gasteiger partial charge in [-0.05, 0) is 120 Å². The van der Waals surface area contributed by atoms with Crippen LogP contribution in [0.15, 0.2) is 84.0 Å². The predicted molar refractivity (Wildman–Crippen MR) is 279 cm³/mol. The maximum atomic E-state index is 15.8. The van der Waals surface area contributed by atoms with Crippen LogP contribution >= 0.6 is 0 Å². The van der Waals surface area contributed by atoms with Gasteiger partial charge in [0.05, 0.1) is 50.4 Å². The maximum absolute atomic E-state index is 15.8. The standard InChI is InChI=1S/C55H73FN8O9/c1-39-9-14-46(34-60-39)62-21-6-8-47(38-62)63(35-42-17-19-57-40(2)30-42)36-43-37-64(45-15-16-45)50-32-51(49(56)31-48(50)52(43)65)71-28-29-72-53(66)61-33-41-10-12-44(13-11-41)58-18-7-22-68-24-26-70-27-25-69-23-20-59-54(67)73-55(3,4)5/h9-14,17,19,30-32,34,37,45,47,58H,6-8,15-16,18,20-29,33,35-36,38H2,1-5H3,(H,59,67)(H,61,66)/t47-/m0/s1. The molecule has 4 heterocycles. The van der Waals surface area contributed by atoms with E-state index >= 15 is 4.39 Å². The van der Waals surface area contributed by atoms with E-state index in [2.05, 4.69) is 52.4 Å². The van der Waals surface area contributed by atoms with Crippen molar-refractivity contribution in [2.24, 2.45) is 0 Å². The molecule has 1 atom stereocenters. The molecule has 0 spiro atoms. The van der Waals surface area contributed by atoms with Gasteiger partial charge in [-0.2, -0.15) is 0 Å². The zero-order chi connectivity index (χ0) is 51.6. The number of piperidine rings is 1. The van der Waals surface area contributed by atoms with Crippen molar-refractivity contribution in [1.29, 1.82) is 0 Å². The summed E-state index contributed by atoms with van der Waals surface area (Å²) in [5.41, 5.74) is 6.48. The number of fused-ring (bicyclic) bond motifs is 1. The second-order valence-electron chi connectivity index (χ2n) is 19.6. The van der Waals surface area contributed by atoms with Crippen molar-refractivity contribution in [3.63, 3.8) is 0 Å². The lowest BCUT2D eigenvalue weighted by Gasteiger charge is -2.40. The Morgan fingerprint density at radius 2 is 1.56 bits per heavy atom. The Labute approximate surface area is 428 Å². The van der Waals surface area contributed by atoms with Crippen LogP contribution in [0.4, 0.5) is 25.4 Å². The molecule has 1 aliphatic carbocycles. The molecule has 2 aromatic carbocycles. The second kappa shape index (κ2) is 27.1. The van der Waals surface area contributed by atoms with Crippen LogP contribution in [0.1, 0.15) is 87.0 Å². The molecule has 1 saturated carbocycles. The van der Waals surface area contributed by atoms with E-state index in [1.807, 2.05) is 89.6 Å². The Bertz CT molecular complexity index is 2610. The van der Waals surface area contributed by atoms with Crippen molar-refractivity contribution in [3.8, 4) is 5.75 Å². The zero-order valence-electron chi connectivity index (χ0n) is 43.1. The molecular formula is C55H73FN8O9. The van der Waals surface area contributed by atoms with Gasteiger partial charge >= 0.3 is 12.2 Å². The number of anilines is 2. The third kappa shape index (κ3) is 17.7. The van der Waals surface area contributed by atoms with Gasteiger partial charge in [0.15, 0.2) is 17.0 Å². The fraction of sp³-hybridized carbons (Fsp3) is 0.509. The molecular weight excluding hydrogens is 936 g/mol. The molecule has 0 unspecified atom stereocenters. The van der Waals surface area contributed by atoms with E-state index in [0.717, 1.165) is 85.6 Å². The zero-order valence-corrected chi connectivity index (χ0v) is 43.1. The first-order valence-electron chi connectivity index (χ1n) is 25.5. The third-order valence-corrected chi connectivity index (χ3v) is 12.4. The topological polar surface area (TPSA) is 180 Å². The highest BCUT2D eigenvalue weighted by atomic mass is 19.1. The molecule has 394 valence electrons. The monoisotopic (exact) mass is 1010 g/mol. The quantitative estimate of drug-likeness (QED) is 0.0428. The van der Waals surface area contributed by atoms with Gasteiger partial charge in [0.2, 0.25) is 0 Å². The summed E-state index contributed by atoms with van der Waals surface area (Å²) in [5, 5.41) is 9.07. The molecule has 2 amide bonds. The third-order valence-electron chi connectivity index (χ3n) is 12.4. The van der Waals surface area contributed by atoms with E-state index in [9.17, 15) is 14.4 Å².